The fourth-order valence-corrected chi connectivity index (χ4v) is 6.57. The zero-order valence-corrected chi connectivity index (χ0v) is 21.2. The molecule has 5 rings (SSSR count). The van der Waals surface area contributed by atoms with E-state index in [4.69, 9.17) is 0 Å². The van der Waals surface area contributed by atoms with Crippen LogP contribution in [0.4, 0.5) is 5.82 Å². The molecule has 0 unspecified atom stereocenters. The Labute approximate surface area is 205 Å². The number of aromatic nitrogens is 2. The van der Waals surface area contributed by atoms with E-state index < -0.39 is 0 Å². The molecule has 2 aliphatic carbocycles. The third-order valence-corrected chi connectivity index (χ3v) is 8.70. The molecule has 2 amide bonds. The van der Waals surface area contributed by atoms with Gasteiger partial charge in [0.1, 0.15) is 11.5 Å². The fourth-order valence-electron chi connectivity index (χ4n) is 5.54. The number of carbonyl (C=O) groups is 2. The largest absolute Gasteiger partial charge is 0.367 e. The van der Waals surface area contributed by atoms with Crippen LogP contribution in [0.3, 0.4) is 0 Å². The summed E-state index contributed by atoms with van der Waals surface area (Å²) in [4.78, 5) is 38.4. The molecule has 8 heteroatoms. The topological polar surface area (TPSA) is 87.2 Å². The van der Waals surface area contributed by atoms with Gasteiger partial charge in [0.25, 0.3) is 11.8 Å². The van der Waals surface area contributed by atoms with E-state index in [2.05, 4.69) is 40.5 Å². The van der Waals surface area contributed by atoms with Crippen LogP contribution in [-0.2, 0) is 0 Å². The predicted molar refractivity (Wildman–Crippen MR) is 135 cm³/mol. The number of amides is 2. The molecule has 0 radical (unpaired) electrons. The highest BCUT2D eigenvalue weighted by Crippen LogP contribution is 2.36. The Morgan fingerprint density at radius 1 is 1.09 bits per heavy atom. The van der Waals surface area contributed by atoms with Crippen molar-refractivity contribution in [1.29, 1.82) is 0 Å². The van der Waals surface area contributed by atoms with Gasteiger partial charge in [-0.15, -0.1) is 11.3 Å². The standard InChI is InChI=1S/C26H35N5O2S/c1-15-11-19(12-15)29-24(32)25-30-22(26(33)31-10-6-7-17(31)3)23(34-25)20-14-27-21(13-16(20)2)28-18-8-4-5-9-18/h13-15,17-19H,4-12H2,1-3H3,(H,27,28)(H,29,32)/t15?,17-,19?/m0/s1. The predicted octanol–water partition coefficient (Wildman–Crippen LogP) is 5.02. The van der Waals surface area contributed by atoms with Crippen LogP contribution in [0, 0.1) is 12.8 Å². The molecule has 3 heterocycles. The van der Waals surface area contributed by atoms with Crippen molar-refractivity contribution in [3.63, 3.8) is 0 Å². The second-order valence-corrected chi connectivity index (χ2v) is 11.4. The minimum absolute atomic E-state index is 0.0832. The van der Waals surface area contributed by atoms with E-state index in [1.807, 2.05) is 18.0 Å². The SMILES string of the molecule is Cc1cc(NC2CCCC2)ncc1-c1sc(C(=O)NC2CC(C)C2)nc1C(=O)N1CCC[C@@H]1C. The van der Waals surface area contributed by atoms with Gasteiger partial charge in [-0.25, -0.2) is 9.97 Å². The molecule has 2 N–H and O–H groups in total. The number of hydrogen-bond donors (Lipinski definition) is 2. The number of rotatable bonds is 6. The number of likely N-dealkylation sites (tertiary alicyclic amines) is 1. The van der Waals surface area contributed by atoms with Gasteiger partial charge in [0.2, 0.25) is 0 Å². The monoisotopic (exact) mass is 481 g/mol. The number of thiazole rings is 1. The maximum absolute atomic E-state index is 13.5. The van der Waals surface area contributed by atoms with E-state index >= 15 is 0 Å². The Morgan fingerprint density at radius 2 is 1.85 bits per heavy atom. The number of nitrogens with zero attached hydrogens (tertiary/aromatic N) is 3. The van der Waals surface area contributed by atoms with Crippen molar-refractivity contribution in [2.75, 3.05) is 11.9 Å². The molecule has 34 heavy (non-hydrogen) atoms. The van der Waals surface area contributed by atoms with Crippen LogP contribution >= 0.6 is 11.3 Å². The lowest BCUT2D eigenvalue weighted by Crippen LogP contribution is -2.43. The van der Waals surface area contributed by atoms with Gasteiger partial charge in [-0.1, -0.05) is 19.8 Å². The number of anilines is 1. The van der Waals surface area contributed by atoms with Gasteiger partial charge < -0.3 is 15.5 Å². The minimum Gasteiger partial charge on any atom is -0.367 e. The number of pyridine rings is 1. The summed E-state index contributed by atoms with van der Waals surface area (Å²) in [5, 5.41) is 7.00. The van der Waals surface area contributed by atoms with E-state index in [1.54, 1.807) is 0 Å². The van der Waals surface area contributed by atoms with Crippen molar-refractivity contribution < 1.29 is 9.59 Å². The molecule has 0 spiro atoms. The minimum atomic E-state index is -0.179. The van der Waals surface area contributed by atoms with Crippen molar-refractivity contribution in [2.45, 2.75) is 90.3 Å². The van der Waals surface area contributed by atoms with E-state index in [9.17, 15) is 9.59 Å². The summed E-state index contributed by atoms with van der Waals surface area (Å²) in [6.07, 6.45) is 10.7. The van der Waals surface area contributed by atoms with E-state index in [1.165, 1.54) is 37.0 Å². The summed E-state index contributed by atoms with van der Waals surface area (Å²) < 4.78 is 0. The Hall–Kier alpha value is -2.48. The molecule has 3 aliphatic rings. The molecule has 0 bridgehead atoms. The molecule has 182 valence electrons. The van der Waals surface area contributed by atoms with Crippen LogP contribution in [0.15, 0.2) is 12.3 Å². The maximum Gasteiger partial charge on any atom is 0.280 e. The smallest absolute Gasteiger partial charge is 0.280 e. The summed E-state index contributed by atoms with van der Waals surface area (Å²) in [5.74, 6) is 1.26. The zero-order valence-electron chi connectivity index (χ0n) is 20.4. The third-order valence-electron chi connectivity index (χ3n) is 7.61. The quantitative estimate of drug-likeness (QED) is 0.605. The summed E-state index contributed by atoms with van der Waals surface area (Å²) >= 11 is 1.31. The molecule has 2 aromatic heterocycles. The van der Waals surface area contributed by atoms with E-state index in [-0.39, 0.29) is 23.9 Å². The van der Waals surface area contributed by atoms with Crippen LogP contribution in [0.5, 0.6) is 0 Å². The van der Waals surface area contributed by atoms with Crippen LogP contribution in [0.1, 0.15) is 91.1 Å². The Kier molecular flexibility index (Phi) is 6.60. The normalized spacial score (nSPS) is 24.8. The lowest BCUT2D eigenvalue weighted by molar-refractivity contribution is 0.0743. The van der Waals surface area contributed by atoms with Crippen molar-refractivity contribution in [1.82, 2.24) is 20.2 Å². The first-order chi connectivity index (χ1) is 16.4. The summed E-state index contributed by atoms with van der Waals surface area (Å²) in [7, 11) is 0. The van der Waals surface area contributed by atoms with Crippen LogP contribution in [-0.4, -0.2) is 51.4 Å². The van der Waals surface area contributed by atoms with E-state index in [0.717, 1.165) is 54.0 Å². The molecule has 1 atom stereocenters. The number of hydrogen-bond acceptors (Lipinski definition) is 6. The molecule has 2 aromatic rings. The number of nitrogens with one attached hydrogen (secondary N) is 2. The first-order valence-electron chi connectivity index (χ1n) is 12.7. The van der Waals surface area contributed by atoms with Gasteiger partial charge in [-0.2, -0.15) is 0 Å². The number of aryl methyl sites for hydroxylation is 1. The summed E-state index contributed by atoms with van der Waals surface area (Å²) in [6.45, 7) is 7.05. The van der Waals surface area contributed by atoms with Gasteiger partial charge in [-0.05, 0) is 69.9 Å². The highest BCUT2D eigenvalue weighted by Gasteiger charge is 2.33. The summed E-state index contributed by atoms with van der Waals surface area (Å²) in [6, 6.07) is 2.93. The Morgan fingerprint density at radius 3 is 2.50 bits per heavy atom. The van der Waals surface area contributed by atoms with Crippen molar-refractivity contribution in [3.8, 4) is 10.4 Å². The maximum atomic E-state index is 13.5. The summed E-state index contributed by atoms with van der Waals surface area (Å²) in [5.41, 5.74) is 2.29. The van der Waals surface area contributed by atoms with E-state index in [0.29, 0.717) is 22.7 Å². The molecule has 0 aromatic carbocycles. The van der Waals surface area contributed by atoms with Crippen molar-refractivity contribution in [2.24, 2.45) is 5.92 Å². The highest BCUT2D eigenvalue weighted by molar-refractivity contribution is 7.17. The average molecular weight is 482 g/mol. The number of carbonyl (C=O) groups excluding carboxylic acids is 2. The second-order valence-electron chi connectivity index (χ2n) is 10.4. The second kappa shape index (κ2) is 9.64. The molecular formula is C26H35N5O2S. The van der Waals surface area contributed by atoms with Gasteiger partial charge in [0.05, 0.1) is 4.88 Å². The van der Waals surface area contributed by atoms with Crippen LogP contribution in [0.25, 0.3) is 10.4 Å². The fraction of sp³-hybridized carbons (Fsp3) is 0.615. The average Bonchev–Trinajstić information content (AvgIpc) is 3.53. The van der Waals surface area contributed by atoms with Gasteiger partial charge in [0.15, 0.2) is 5.01 Å². The lowest BCUT2D eigenvalue weighted by Gasteiger charge is -2.32. The molecule has 1 saturated heterocycles. The highest BCUT2D eigenvalue weighted by atomic mass is 32.1. The Balaban J connectivity index is 1.45. The van der Waals surface area contributed by atoms with Crippen LogP contribution in [0.2, 0.25) is 0 Å². The zero-order chi connectivity index (χ0) is 23.8. The first kappa shape index (κ1) is 23.3. The molecular weight excluding hydrogens is 446 g/mol. The third kappa shape index (κ3) is 4.69. The van der Waals surface area contributed by atoms with Gasteiger partial charge >= 0.3 is 0 Å². The lowest BCUT2D eigenvalue weighted by atomic mass is 9.82. The molecule has 3 fully saturated rings. The molecule has 7 nitrogen and oxygen atoms in total. The van der Waals surface area contributed by atoms with Crippen molar-refractivity contribution >= 4 is 29.0 Å². The van der Waals surface area contributed by atoms with Gasteiger partial charge in [-0.3, -0.25) is 9.59 Å². The van der Waals surface area contributed by atoms with Crippen LogP contribution < -0.4 is 10.6 Å². The first-order valence-corrected chi connectivity index (χ1v) is 13.6. The van der Waals surface area contributed by atoms with Gasteiger partial charge in [0, 0.05) is 36.4 Å². The molecule has 1 aliphatic heterocycles. The molecule has 2 saturated carbocycles. The van der Waals surface area contributed by atoms with Crippen molar-refractivity contribution in [3.05, 3.63) is 28.5 Å². The Bertz CT molecular complexity index is 1070.